The number of rotatable bonds is 2. The van der Waals surface area contributed by atoms with Crippen LogP contribution in [0, 0.1) is 0 Å². The van der Waals surface area contributed by atoms with Gasteiger partial charge >= 0.3 is 0 Å². The first-order chi connectivity index (χ1) is 7.86. The summed E-state index contributed by atoms with van der Waals surface area (Å²) in [6.45, 7) is 0.262. The monoisotopic (exact) mass is 282 g/mol. The molecule has 2 heterocycles. The zero-order valence-electron chi connectivity index (χ0n) is 8.14. The van der Waals surface area contributed by atoms with Crippen molar-refractivity contribution < 1.29 is 14.0 Å². The van der Waals surface area contributed by atoms with E-state index < -0.39 is 0 Å². The molecule has 16 heavy (non-hydrogen) atoms. The average Bonchev–Trinajstić information content (AvgIpc) is 2.96. The van der Waals surface area contributed by atoms with Gasteiger partial charge in [0.05, 0.1) is 5.33 Å². The van der Waals surface area contributed by atoms with Gasteiger partial charge in [-0.15, -0.1) is 0 Å². The molecule has 0 N–H and O–H groups in total. The van der Waals surface area contributed by atoms with Crippen molar-refractivity contribution in [1.82, 2.24) is 10.1 Å². The highest BCUT2D eigenvalue weighted by Crippen LogP contribution is 2.35. The van der Waals surface area contributed by atoms with E-state index in [-0.39, 0.29) is 6.79 Å². The molecular weight excluding hydrogens is 276 g/mol. The predicted molar refractivity (Wildman–Crippen MR) is 58.5 cm³/mol. The smallest absolute Gasteiger partial charge is 0.237 e. The molecule has 0 amide bonds. The van der Waals surface area contributed by atoms with Crippen LogP contribution in [0.5, 0.6) is 11.5 Å². The fourth-order valence-corrected chi connectivity index (χ4v) is 1.69. The van der Waals surface area contributed by atoms with E-state index in [1.54, 1.807) is 0 Å². The van der Waals surface area contributed by atoms with E-state index in [0.717, 1.165) is 11.3 Å². The lowest BCUT2D eigenvalue weighted by molar-refractivity contribution is 0.174. The highest BCUT2D eigenvalue weighted by atomic mass is 79.9. The zero-order valence-corrected chi connectivity index (χ0v) is 9.73. The van der Waals surface area contributed by atoms with E-state index >= 15 is 0 Å². The maximum atomic E-state index is 5.28. The number of fused-ring (bicyclic) bond motifs is 1. The summed E-state index contributed by atoms with van der Waals surface area (Å²) in [5.74, 6) is 2.55. The van der Waals surface area contributed by atoms with Crippen LogP contribution in [0.3, 0.4) is 0 Å². The molecule has 0 radical (unpaired) electrons. The normalized spacial score (nSPS) is 13.1. The van der Waals surface area contributed by atoms with E-state index in [4.69, 9.17) is 14.0 Å². The summed E-state index contributed by atoms with van der Waals surface area (Å²) in [6, 6.07) is 5.55. The van der Waals surface area contributed by atoms with Crippen molar-refractivity contribution in [2.75, 3.05) is 6.79 Å². The third-order valence-corrected chi connectivity index (χ3v) is 2.69. The number of benzene rings is 1. The summed E-state index contributed by atoms with van der Waals surface area (Å²) >= 11 is 3.25. The molecule has 0 spiro atoms. The Hall–Kier alpha value is -1.56. The van der Waals surface area contributed by atoms with Crippen molar-refractivity contribution in [3.8, 4) is 22.9 Å². The summed E-state index contributed by atoms with van der Waals surface area (Å²) in [6.07, 6.45) is 0. The van der Waals surface area contributed by atoms with Crippen LogP contribution in [0.4, 0.5) is 0 Å². The van der Waals surface area contributed by atoms with Gasteiger partial charge in [-0.1, -0.05) is 21.1 Å². The van der Waals surface area contributed by atoms with Crippen LogP contribution in [0.15, 0.2) is 22.7 Å². The summed E-state index contributed by atoms with van der Waals surface area (Å²) in [5, 5.41) is 4.42. The first-order valence-corrected chi connectivity index (χ1v) is 5.77. The lowest BCUT2D eigenvalue weighted by atomic mass is 10.2. The van der Waals surface area contributed by atoms with E-state index in [0.29, 0.717) is 22.8 Å². The van der Waals surface area contributed by atoms with Gasteiger partial charge in [0.1, 0.15) is 0 Å². The minimum Gasteiger partial charge on any atom is -0.454 e. The SMILES string of the molecule is BrCc1nc(-c2ccc3c(c2)OCO3)no1. The fourth-order valence-electron chi connectivity index (χ4n) is 1.46. The Morgan fingerprint density at radius 1 is 1.25 bits per heavy atom. The van der Waals surface area contributed by atoms with Crippen LogP contribution in [-0.2, 0) is 5.33 Å². The third-order valence-electron chi connectivity index (χ3n) is 2.21. The van der Waals surface area contributed by atoms with Gasteiger partial charge in [0.2, 0.25) is 18.5 Å². The lowest BCUT2D eigenvalue weighted by Gasteiger charge is -1.97. The van der Waals surface area contributed by atoms with Gasteiger partial charge in [0.25, 0.3) is 0 Å². The highest BCUT2D eigenvalue weighted by molar-refractivity contribution is 9.08. The first-order valence-electron chi connectivity index (χ1n) is 4.65. The molecule has 0 fully saturated rings. The Morgan fingerprint density at radius 2 is 2.12 bits per heavy atom. The first kappa shape index (κ1) is 9.65. The second-order valence-corrected chi connectivity index (χ2v) is 3.77. The van der Waals surface area contributed by atoms with Gasteiger partial charge in [0, 0.05) is 5.56 Å². The maximum Gasteiger partial charge on any atom is 0.237 e. The molecule has 0 saturated heterocycles. The number of aromatic nitrogens is 2. The van der Waals surface area contributed by atoms with E-state index in [1.165, 1.54) is 0 Å². The Balaban J connectivity index is 2.00. The lowest BCUT2D eigenvalue weighted by Crippen LogP contribution is -1.92. The zero-order chi connectivity index (χ0) is 11.0. The summed E-state index contributed by atoms with van der Waals surface area (Å²) in [7, 11) is 0. The average molecular weight is 283 g/mol. The summed E-state index contributed by atoms with van der Waals surface area (Å²) in [5.41, 5.74) is 0.847. The quantitative estimate of drug-likeness (QED) is 0.792. The van der Waals surface area contributed by atoms with Crippen LogP contribution >= 0.6 is 15.9 Å². The number of ether oxygens (including phenoxy) is 2. The fraction of sp³-hybridized carbons (Fsp3) is 0.200. The van der Waals surface area contributed by atoms with Gasteiger partial charge in [0.15, 0.2) is 11.5 Å². The minimum absolute atomic E-state index is 0.262. The molecule has 0 atom stereocenters. The molecule has 0 aliphatic carbocycles. The number of hydrogen-bond acceptors (Lipinski definition) is 5. The van der Waals surface area contributed by atoms with Crippen LogP contribution in [0.1, 0.15) is 5.89 Å². The molecule has 0 unspecified atom stereocenters. The van der Waals surface area contributed by atoms with E-state index in [9.17, 15) is 0 Å². The Bertz CT molecular complexity index is 527. The molecule has 2 aromatic rings. The van der Waals surface area contributed by atoms with Crippen molar-refractivity contribution in [2.45, 2.75) is 5.33 Å². The van der Waals surface area contributed by atoms with Crippen LogP contribution in [-0.4, -0.2) is 16.9 Å². The van der Waals surface area contributed by atoms with Crippen LogP contribution < -0.4 is 9.47 Å². The highest BCUT2D eigenvalue weighted by Gasteiger charge is 2.16. The standard InChI is InChI=1S/C10H7BrN2O3/c11-4-9-12-10(13-16-9)6-1-2-7-8(3-6)15-5-14-7/h1-3H,4-5H2. The minimum atomic E-state index is 0.262. The third kappa shape index (κ3) is 1.55. The largest absolute Gasteiger partial charge is 0.454 e. The molecule has 6 heteroatoms. The van der Waals surface area contributed by atoms with Crippen molar-refractivity contribution in [1.29, 1.82) is 0 Å². The molecule has 5 nitrogen and oxygen atoms in total. The molecule has 1 aromatic heterocycles. The van der Waals surface area contributed by atoms with Crippen molar-refractivity contribution in [2.24, 2.45) is 0 Å². The van der Waals surface area contributed by atoms with Gasteiger partial charge in [-0.2, -0.15) is 4.98 Å². The number of halogens is 1. The Labute approximate surface area is 99.5 Å². The molecule has 0 bridgehead atoms. The molecule has 1 aliphatic heterocycles. The molecule has 0 saturated carbocycles. The molecule has 1 aliphatic rings. The van der Waals surface area contributed by atoms with Crippen molar-refractivity contribution in [3.05, 3.63) is 24.1 Å². The molecule has 82 valence electrons. The Kier molecular flexibility index (Phi) is 2.28. The van der Waals surface area contributed by atoms with Gasteiger partial charge < -0.3 is 14.0 Å². The molecular formula is C10H7BrN2O3. The van der Waals surface area contributed by atoms with Gasteiger partial charge in [-0.25, -0.2) is 0 Å². The number of nitrogens with zero attached hydrogens (tertiary/aromatic N) is 2. The van der Waals surface area contributed by atoms with Crippen LogP contribution in [0.2, 0.25) is 0 Å². The van der Waals surface area contributed by atoms with Gasteiger partial charge in [-0.05, 0) is 18.2 Å². The predicted octanol–water partition coefficient (Wildman–Crippen LogP) is 2.36. The topological polar surface area (TPSA) is 57.4 Å². The number of hydrogen-bond donors (Lipinski definition) is 0. The maximum absolute atomic E-state index is 5.28. The number of alkyl halides is 1. The van der Waals surface area contributed by atoms with E-state index in [2.05, 4.69) is 26.1 Å². The Morgan fingerprint density at radius 3 is 2.94 bits per heavy atom. The summed E-state index contributed by atoms with van der Waals surface area (Å²) < 4.78 is 15.5. The second-order valence-electron chi connectivity index (χ2n) is 3.21. The van der Waals surface area contributed by atoms with E-state index in [1.807, 2.05) is 18.2 Å². The molecule has 1 aromatic carbocycles. The van der Waals surface area contributed by atoms with Crippen molar-refractivity contribution >= 4 is 15.9 Å². The molecule has 3 rings (SSSR count). The van der Waals surface area contributed by atoms with Crippen molar-refractivity contribution in [3.63, 3.8) is 0 Å². The van der Waals surface area contributed by atoms with Crippen LogP contribution in [0.25, 0.3) is 11.4 Å². The van der Waals surface area contributed by atoms with Gasteiger partial charge in [-0.3, -0.25) is 0 Å². The second kappa shape index (κ2) is 3.79. The summed E-state index contributed by atoms with van der Waals surface area (Å²) in [4.78, 5) is 4.20.